The fraction of sp³-hybridized carbons (Fsp3) is 0.273. The maximum Gasteiger partial charge on any atom is 0.331 e. The second kappa shape index (κ2) is 10.9. The van der Waals surface area contributed by atoms with Gasteiger partial charge in [0.25, 0.3) is 5.91 Å². The molecule has 1 N–H and O–H groups in total. The van der Waals surface area contributed by atoms with Crippen LogP contribution in [0.3, 0.4) is 0 Å². The van der Waals surface area contributed by atoms with Crippen molar-refractivity contribution in [2.45, 2.75) is 13.8 Å². The molecular weight excluding hydrogens is 396 g/mol. The first-order chi connectivity index (χ1) is 14.3. The van der Waals surface area contributed by atoms with Crippen LogP contribution < -0.4 is 14.8 Å². The molecule has 0 aromatic heterocycles. The first-order valence-electron chi connectivity index (χ1n) is 9.19. The number of methoxy groups -OCH3 is 1. The number of carbonyl (C=O) groups excluding carboxylic acids is 2. The largest absolute Gasteiger partial charge is 0.493 e. The summed E-state index contributed by atoms with van der Waals surface area (Å²) in [4.78, 5) is 23.6. The van der Waals surface area contributed by atoms with E-state index in [2.05, 4.69) is 0 Å². The number of anilines is 1. The van der Waals surface area contributed by atoms with Gasteiger partial charge in [0, 0.05) is 6.08 Å². The quantitative estimate of drug-likeness (QED) is 0.487. The van der Waals surface area contributed by atoms with Gasteiger partial charge in [-0.3, -0.25) is 4.79 Å². The number of carbonyl (C=O) groups is 2. The molecule has 0 aliphatic carbocycles. The molecule has 0 aliphatic heterocycles. The van der Waals surface area contributed by atoms with E-state index in [0.29, 0.717) is 29.6 Å². The number of amides is 1. The third kappa shape index (κ3) is 6.88. The molecule has 160 valence electrons. The standard InChI is InChI=1S/C22H23F2NO5/c1-14(2)12-29-18-9-7-15(11-19(18)28-3)8-10-21(27)30-13-20(26)25-22-16(23)5-4-6-17(22)24/h4-11,14H,12-13H2,1-3H3,(H,25,26)/b10-8+. The van der Waals surface area contributed by atoms with Crippen LogP contribution in [0, 0.1) is 17.6 Å². The van der Waals surface area contributed by atoms with Crippen LogP contribution in [0.1, 0.15) is 19.4 Å². The van der Waals surface area contributed by atoms with Gasteiger partial charge >= 0.3 is 5.97 Å². The van der Waals surface area contributed by atoms with Crippen molar-refractivity contribution in [2.75, 3.05) is 25.6 Å². The molecule has 2 aromatic rings. The lowest BCUT2D eigenvalue weighted by atomic mass is 10.2. The van der Waals surface area contributed by atoms with Crippen molar-refractivity contribution in [2.24, 2.45) is 5.92 Å². The van der Waals surface area contributed by atoms with Gasteiger partial charge in [0.1, 0.15) is 17.3 Å². The van der Waals surface area contributed by atoms with Crippen LogP contribution in [-0.2, 0) is 14.3 Å². The molecule has 0 saturated carbocycles. The van der Waals surface area contributed by atoms with Crippen molar-refractivity contribution in [1.29, 1.82) is 0 Å². The third-order valence-electron chi connectivity index (χ3n) is 3.74. The highest BCUT2D eigenvalue weighted by Crippen LogP contribution is 2.29. The summed E-state index contributed by atoms with van der Waals surface area (Å²) in [5.41, 5.74) is 0.0551. The molecule has 2 rings (SSSR count). The molecule has 0 radical (unpaired) electrons. The minimum atomic E-state index is -0.927. The molecule has 0 unspecified atom stereocenters. The van der Waals surface area contributed by atoms with Gasteiger partial charge in [-0.2, -0.15) is 0 Å². The van der Waals surface area contributed by atoms with Gasteiger partial charge in [-0.25, -0.2) is 13.6 Å². The average Bonchev–Trinajstić information content (AvgIpc) is 2.72. The Kier molecular flexibility index (Phi) is 8.34. The Balaban J connectivity index is 1.90. The lowest BCUT2D eigenvalue weighted by Crippen LogP contribution is -2.21. The van der Waals surface area contributed by atoms with E-state index in [1.807, 2.05) is 19.2 Å². The molecule has 0 heterocycles. The van der Waals surface area contributed by atoms with E-state index < -0.39 is 35.8 Å². The van der Waals surface area contributed by atoms with Crippen molar-refractivity contribution in [3.8, 4) is 11.5 Å². The predicted octanol–water partition coefficient (Wildman–Crippen LogP) is 4.20. The molecule has 6 nitrogen and oxygen atoms in total. The van der Waals surface area contributed by atoms with E-state index in [-0.39, 0.29) is 0 Å². The van der Waals surface area contributed by atoms with E-state index in [1.54, 1.807) is 18.2 Å². The Hall–Kier alpha value is -3.42. The molecule has 0 spiro atoms. The summed E-state index contributed by atoms with van der Waals surface area (Å²) in [6, 6.07) is 8.32. The number of para-hydroxylation sites is 1. The molecule has 30 heavy (non-hydrogen) atoms. The topological polar surface area (TPSA) is 73.9 Å². The van der Waals surface area contributed by atoms with Gasteiger partial charge in [0.2, 0.25) is 0 Å². The Morgan fingerprint density at radius 1 is 1.10 bits per heavy atom. The van der Waals surface area contributed by atoms with E-state index in [4.69, 9.17) is 14.2 Å². The van der Waals surface area contributed by atoms with Gasteiger partial charge in [-0.15, -0.1) is 0 Å². The SMILES string of the molecule is COc1cc(/C=C/C(=O)OCC(=O)Nc2c(F)cccc2F)ccc1OCC(C)C. The maximum absolute atomic E-state index is 13.5. The van der Waals surface area contributed by atoms with Crippen LogP contribution in [0.2, 0.25) is 0 Å². The Morgan fingerprint density at radius 2 is 1.80 bits per heavy atom. The molecule has 0 saturated heterocycles. The number of rotatable bonds is 9. The van der Waals surface area contributed by atoms with Gasteiger partial charge in [0.05, 0.1) is 13.7 Å². The smallest absolute Gasteiger partial charge is 0.331 e. The second-order valence-corrected chi connectivity index (χ2v) is 6.70. The highest BCUT2D eigenvalue weighted by Gasteiger charge is 2.13. The summed E-state index contributed by atoms with van der Waals surface area (Å²) >= 11 is 0. The zero-order chi connectivity index (χ0) is 22.1. The number of halogens is 2. The molecule has 0 bridgehead atoms. The van der Waals surface area contributed by atoms with Crippen LogP contribution in [0.5, 0.6) is 11.5 Å². The molecule has 0 fully saturated rings. The minimum absolute atomic E-state index is 0.358. The molecular formula is C22H23F2NO5. The molecule has 8 heteroatoms. The van der Waals surface area contributed by atoms with Crippen LogP contribution in [0.15, 0.2) is 42.5 Å². The first kappa shape index (κ1) is 22.9. The fourth-order valence-electron chi connectivity index (χ4n) is 2.31. The van der Waals surface area contributed by atoms with Crippen LogP contribution in [-0.4, -0.2) is 32.2 Å². The summed E-state index contributed by atoms with van der Waals surface area (Å²) in [6.45, 7) is 3.91. The average molecular weight is 419 g/mol. The van der Waals surface area contributed by atoms with Gasteiger partial charge in [-0.05, 0) is 41.8 Å². The Bertz CT molecular complexity index is 907. The van der Waals surface area contributed by atoms with Crippen LogP contribution >= 0.6 is 0 Å². The zero-order valence-electron chi connectivity index (χ0n) is 16.9. The van der Waals surface area contributed by atoms with Crippen LogP contribution in [0.25, 0.3) is 6.08 Å². The molecule has 0 aliphatic rings. The maximum atomic E-state index is 13.5. The summed E-state index contributed by atoms with van der Waals surface area (Å²) in [5, 5.41) is 2.03. The van der Waals surface area contributed by atoms with Gasteiger partial charge in [-0.1, -0.05) is 26.0 Å². The number of nitrogens with one attached hydrogen (secondary N) is 1. The zero-order valence-corrected chi connectivity index (χ0v) is 16.9. The summed E-state index contributed by atoms with van der Waals surface area (Å²) < 4.78 is 42.7. The molecule has 2 aromatic carbocycles. The fourth-order valence-corrected chi connectivity index (χ4v) is 2.31. The van der Waals surface area contributed by atoms with Crippen molar-refractivity contribution in [1.82, 2.24) is 0 Å². The van der Waals surface area contributed by atoms with Gasteiger partial charge in [0.15, 0.2) is 18.1 Å². The van der Waals surface area contributed by atoms with E-state index >= 15 is 0 Å². The lowest BCUT2D eigenvalue weighted by Gasteiger charge is -2.12. The Morgan fingerprint density at radius 3 is 2.43 bits per heavy atom. The van der Waals surface area contributed by atoms with Crippen LogP contribution in [0.4, 0.5) is 14.5 Å². The highest BCUT2D eigenvalue weighted by atomic mass is 19.1. The summed E-state index contributed by atoms with van der Waals surface area (Å²) in [7, 11) is 1.51. The number of hydrogen-bond acceptors (Lipinski definition) is 5. The van der Waals surface area contributed by atoms with Crippen molar-refractivity contribution in [3.63, 3.8) is 0 Å². The van der Waals surface area contributed by atoms with E-state index in [9.17, 15) is 18.4 Å². The van der Waals surface area contributed by atoms with Crippen molar-refractivity contribution >= 4 is 23.6 Å². The predicted molar refractivity (Wildman–Crippen MR) is 108 cm³/mol. The number of hydrogen-bond donors (Lipinski definition) is 1. The molecule has 0 atom stereocenters. The third-order valence-corrected chi connectivity index (χ3v) is 3.74. The normalized spacial score (nSPS) is 10.9. The monoisotopic (exact) mass is 419 g/mol. The van der Waals surface area contributed by atoms with Crippen molar-refractivity contribution in [3.05, 3.63) is 59.7 Å². The van der Waals surface area contributed by atoms with E-state index in [0.717, 1.165) is 18.2 Å². The highest BCUT2D eigenvalue weighted by molar-refractivity contribution is 5.94. The van der Waals surface area contributed by atoms with Gasteiger partial charge < -0.3 is 19.5 Å². The summed E-state index contributed by atoms with van der Waals surface area (Å²) in [6.07, 6.45) is 2.60. The lowest BCUT2D eigenvalue weighted by molar-refractivity contribution is -0.142. The molecule has 1 amide bonds. The second-order valence-electron chi connectivity index (χ2n) is 6.70. The number of benzene rings is 2. The minimum Gasteiger partial charge on any atom is -0.493 e. The summed E-state index contributed by atoms with van der Waals surface area (Å²) in [5.74, 6) is -2.06. The number of esters is 1. The Labute approximate surface area is 173 Å². The van der Waals surface area contributed by atoms with Crippen molar-refractivity contribution < 1.29 is 32.6 Å². The first-order valence-corrected chi connectivity index (χ1v) is 9.19. The van der Waals surface area contributed by atoms with E-state index in [1.165, 1.54) is 19.3 Å². The number of ether oxygens (including phenoxy) is 3.